The molecule has 0 amide bonds. The number of carbonyl (C=O) groups excluding carboxylic acids is 1. The van der Waals surface area contributed by atoms with Crippen LogP contribution in [-0.2, 0) is 22.1 Å². The van der Waals surface area contributed by atoms with Gasteiger partial charge in [0, 0.05) is 5.02 Å². The average Bonchev–Trinajstić information content (AvgIpc) is 2.22. The lowest BCUT2D eigenvalue weighted by atomic mass is 10.0. The Morgan fingerprint density at radius 2 is 2.00 bits per heavy atom. The van der Waals surface area contributed by atoms with Crippen molar-refractivity contribution in [3.63, 3.8) is 0 Å². The van der Waals surface area contributed by atoms with Gasteiger partial charge in [0.05, 0.1) is 18.6 Å². The van der Waals surface area contributed by atoms with Gasteiger partial charge >= 0.3 is 12.1 Å². The van der Waals surface area contributed by atoms with Gasteiger partial charge in [-0.25, -0.2) is 4.39 Å². The van der Waals surface area contributed by atoms with Gasteiger partial charge < -0.3 is 4.74 Å². The van der Waals surface area contributed by atoms with Crippen molar-refractivity contribution < 1.29 is 27.1 Å². The maximum Gasteiger partial charge on any atom is 0.419 e. The van der Waals surface area contributed by atoms with Crippen LogP contribution in [0.1, 0.15) is 18.1 Å². The molecule has 0 spiro atoms. The van der Waals surface area contributed by atoms with Gasteiger partial charge in [-0.1, -0.05) is 11.6 Å². The molecule has 18 heavy (non-hydrogen) atoms. The molecule has 0 aliphatic rings. The van der Waals surface area contributed by atoms with Crippen molar-refractivity contribution in [3.8, 4) is 0 Å². The maximum absolute atomic E-state index is 13.2. The summed E-state index contributed by atoms with van der Waals surface area (Å²) in [6, 6.07) is 1.58. The van der Waals surface area contributed by atoms with Crippen molar-refractivity contribution in [3.05, 3.63) is 34.1 Å². The summed E-state index contributed by atoms with van der Waals surface area (Å²) in [5.41, 5.74) is -2.13. The highest BCUT2D eigenvalue weighted by atomic mass is 35.5. The molecule has 1 aromatic carbocycles. The molecule has 0 aliphatic heterocycles. The van der Waals surface area contributed by atoms with E-state index in [1.807, 2.05) is 0 Å². The van der Waals surface area contributed by atoms with E-state index in [9.17, 15) is 22.4 Å². The van der Waals surface area contributed by atoms with Crippen LogP contribution in [0.2, 0.25) is 5.02 Å². The van der Waals surface area contributed by atoms with E-state index in [1.165, 1.54) is 6.92 Å². The molecule has 0 N–H and O–H groups in total. The first-order chi connectivity index (χ1) is 8.27. The average molecular weight is 285 g/mol. The summed E-state index contributed by atoms with van der Waals surface area (Å²) in [5, 5.41) is -0.322. The largest absolute Gasteiger partial charge is 0.466 e. The maximum atomic E-state index is 13.2. The number of hydrogen-bond acceptors (Lipinski definition) is 2. The van der Waals surface area contributed by atoms with Gasteiger partial charge in [-0.05, 0) is 24.6 Å². The molecule has 0 saturated carbocycles. The minimum absolute atomic E-state index is 0.0210. The number of alkyl halides is 3. The number of hydrogen-bond donors (Lipinski definition) is 0. The summed E-state index contributed by atoms with van der Waals surface area (Å²) >= 11 is 5.58. The Labute approximate surface area is 105 Å². The molecule has 0 aliphatic carbocycles. The van der Waals surface area contributed by atoms with Gasteiger partial charge in [0.2, 0.25) is 0 Å². The summed E-state index contributed by atoms with van der Waals surface area (Å²) < 4.78 is 55.8. The zero-order chi connectivity index (χ0) is 13.9. The molecule has 0 bridgehead atoms. The number of benzene rings is 1. The van der Waals surface area contributed by atoms with E-state index in [-0.39, 0.29) is 11.6 Å². The van der Waals surface area contributed by atoms with E-state index >= 15 is 0 Å². The fourth-order valence-electron chi connectivity index (χ4n) is 1.43. The van der Waals surface area contributed by atoms with Gasteiger partial charge in [0.15, 0.2) is 0 Å². The van der Waals surface area contributed by atoms with E-state index < -0.39 is 35.5 Å². The van der Waals surface area contributed by atoms with E-state index in [1.54, 1.807) is 0 Å². The molecule has 7 heteroatoms. The molecule has 0 unspecified atom stereocenters. The molecule has 0 radical (unpaired) electrons. The second kappa shape index (κ2) is 5.56. The topological polar surface area (TPSA) is 26.3 Å². The lowest BCUT2D eigenvalue weighted by Gasteiger charge is -2.14. The van der Waals surface area contributed by atoms with Crippen molar-refractivity contribution in [1.29, 1.82) is 0 Å². The molecule has 1 rings (SSSR count). The molecule has 0 aromatic heterocycles. The number of halogens is 5. The highest BCUT2D eigenvalue weighted by Gasteiger charge is 2.38. The first-order valence-corrected chi connectivity index (χ1v) is 5.34. The highest BCUT2D eigenvalue weighted by molar-refractivity contribution is 6.31. The van der Waals surface area contributed by atoms with Crippen molar-refractivity contribution in [2.75, 3.05) is 6.61 Å². The summed E-state index contributed by atoms with van der Waals surface area (Å²) in [6.45, 7) is 1.53. The van der Waals surface area contributed by atoms with Crippen LogP contribution in [0, 0.1) is 5.82 Å². The molecule has 0 fully saturated rings. The van der Waals surface area contributed by atoms with Gasteiger partial charge in [0.25, 0.3) is 0 Å². The first-order valence-electron chi connectivity index (χ1n) is 4.97. The molecule has 1 aromatic rings. The van der Waals surface area contributed by atoms with Crippen LogP contribution in [0.5, 0.6) is 0 Å². The van der Waals surface area contributed by atoms with Crippen LogP contribution in [0.25, 0.3) is 0 Å². The minimum Gasteiger partial charge on any atom is -0.466 e. The Kier molecular flexibility index (Phi) is 4.56. The van der Waals surface area contributed by atoms with Crippen LogP contribution < -0.4 is 0 Å². The number of esters is 1. The van der Waals surface area contributed by atoms with Crippen molar-refractivity contribution >= 4 is 17.6 Å². The van der Waals surface area contributed by atoms with Crippen LogP contribution in [0.4, 0.5) is 17.6 Å². The highest BCUT2D eigenvalue weighted by Crippen LogP contribution is 2.37. The minimum atomic E-state index is -4.92. The Balaban J connectivity index is 3.24. The molecule has 100 valence electrons. The van der Waals surface area contributed by atoms with Crippen LogP contribution in [-0.4, -0.2) is 12.6 Å². The Morgan fingerprint density at radius 3 is 2.50 bits per heavy atom. The molecular weight excluding hydrogens is 276 g/mol. The van der Waals surface area contributed by atoms with Gasteiger partial charge in [0.1, 0.15) is 5.82 Å². The van der Waals surface area contributed by atoms with Crippen molar-refractivity contribution in [2.45, 2.75) is 19.5 Å². The molecule has 0 atom stereocenters. The van der Waals surface area contributed by atoms with Crippen LogP contribution in [0.15, 0.2) is 12.1 Å². The molecule has 0 heterocycles. The normalized spacial score (nSPS) is 11.4. The number of ether oxygens (including phenoxy) is 1. The Morgan fingerprint density at radius 1 is 1.39 bits per heavy atom. The fraction of sp³-hybridized carbons (Fsp3) is 0.364. The summed E-state index contributed by atoms with van der Waals surface area (Å²) in [6.07, 6.45) is -5.64. The van der Waals surface area contributed by atoms with E-state index in [0.717, 1.165) is 6.07 Å². The predicted molar refractivity (Wildman–Crippen MR) is 56.7 cm³/mol. The Bertz CT molecular complexity index is 457. The monoisotopic (exact) mass is 284 g/mol. The Hall–Kier alpha value is -1.30. The second-order valence-electron chi connectivity index (χ2n) is 3.36. The SMILES string of the molecule is CCOC(=O)Cc1c(Cl)ccc(F)c1C(F)(F)F. The summed E-state index contributed by atoms with van der Waals surface area (Å²) in [5.74, 6) is -2.36. The molecular formula is C11H9ClF4O2. The predicted octanol–water partition coefficient (Wildman–Crippen LogP) is 3.60. The number of carbonyl (C=O) groups is 1. The third-order valence-corrected chi connectivity index (χ3v) is 2.47. The zero-order valence-electron chi connectivity index (χ0n) is 9.28. The molecule has 0 saturated heterocycles. The van der Waals surface area contributed by atoms with Gasteiger partial charge in [-0.2, -0.15) is 13.2 Å². The van der Waals surface area contributed by atoms with E-state index in [4.69, 9.17) is 11.6 Å². The zero-order valence-corrected chi connectivity index (χ0v) is 10.0. The van der Waals surface area contributed by atoms with Crippen LogP contribution >= 0.6 is 11.6 Å². The van der Waals surface area contributed by atoms with Crippen molar-refractivity contribution in [1.82, 2.24) is 0 Å². The first kappa shape index (κ1) is 14.8. The number of rotatable bonds is 3. The van der Waals surface area contributed by atoms with E-state index in [0.29, 0.717) is 6.07 Å². The third-order valence-electron chi connectivity index (χ3n) is 2.11. The molecule has 2 nitrogen and oxygen atoms in total. The van der Waals surface area contributed by atoms with Crippen molar-refractivity contribution in [2.24, 2.45) is 0 Å². The lowest BCUT2D eigenvalue weighted by molar-refractivity contribution is -0.144. The third kappa shape index (κ3) is 3.35. The quantitative estimate of drug-likeness (QED) is 0.626. The smallest absolute Gasteiger partial charge is 0.419 e. The standard InChI is InChI=1S/C11H9ClF4O2/c1-2-18-9(17)5-6-7(12)3-4-8(13)10(6)11(14,15)16/h3-4H,2,5H2,1H3. The summed E-state index contributed by atoms with van der Waals surface area (Å²) in [4.78, 5) is 11.2. The lowest BCUT2D eigenvalue weighted by Crippen LogP contribution is -2.16. The van der Waals surface area contributed by atoms with E-state index in [2.05, 4.69) is 4.74 Å². The van der Waals surface area contributed by atoms with Gasteiger partial charge in [-0.3, -0.25) is 4.79 Å². The summed E-state index contributed by atoms with van der Waals surface area (Å²) in [7, 11) is 0. The fourth-order valence-corrected chi connectivity index (χ4v) is 1.65. The second-order valence-corrected chi connectivity index (χ2v) is 3.77. The van der Waals surface area contributed by atoms with Gasteiger partial charge in [-0.15, -0.1) is 0 Å². The van der Waals surface area contributed by atoms with Crippen LogP contribution in [0.3, 0.4) is 0 Å².